The predicted molar refractivity (Wildman–Crippen MR) is 179 cm³/mol. The quantitative estimate of drug-likeness (QED) is 0.323. The van der Waals surface area contributed by atoms with Crippen molar-refractivity contribution in [2.75, 3.05) is 0 Å². The molecule has 0 N–H and O–H groups in total. The minimum atomic E-state index is 0.429. The Balaban J connectivity index is 0.00000119. The standard InChI is InChI=1S/C33H60.3C2H6/c1-18(2)27-22(7)29(19(3)4)32(12)17-31(11)16-26-20(5)14-15-21(6)28(26)23(8)30(31)25(10)33(32,13)24(27)9;3*1-2/h18-30H,14-17H2,1-13H3;3*1-2H3. The van der Waals surface area contributed by atoms with Gasteiger partial charge in [0.25, 0.3) is 0 Å². The van der Waals surface area contributed by atoms with Crippen LogP contribution in [-0.4, -0.2) is 0 Å². The molecule has 0 nitrogen and oxygen atoms in total. The van der Waals surface area contributed by atoms with E-state index in [4.69, 9.17) is 0 Å². The van der Waals surface area contributed by atoms with Gasteiger partial charge in [0.05, 0.1) is 0 Å². The van der Waals surface area contributed by atoms with Crippen LogP contribution in [0.3, 0.4) is 0 Å². The summed E-state index contributed by atoms with van der Waals surface area (Å²) in [5.41, 5.74) is 1.38. The fraction of sp³-hybridized carbons (Fsp3) is 1.00. The van der Waals surface area contributed by atoms with Crippen molar-refractivity contribution in [2.45, 2.75) is 157 Å². The van der Waals surface area contributed by atoms with Gasteiger partial charge in [0, 0.05) is 0 Å². The Labute approximate surface area is 250 Å². The first-order valence-electron chi connectivity index (χ1n) is 18.1. The van der Waals surface area contributed by atoms with Crippen molar-refractivity contribution in [3.8, 4) is 0 Å². The van der Waals surface area contributed by atoms with Gasteiger partial charge < -0.3 is 0 Å². The maximum Gasteiger partial charge on any atom is -0.0212 e. The van der Waals surface area contributed by atoms with Gasteiger partial charge in [-0.2, -0.15) is 0 Å². The van der Waals surface area contributed by atoms with Crippen molar-refractivity contribution in [1.82, 2.24) is 0 Å². The topological polar surface area (TPSA) is 0 Å². The summed E-state index contributed by atoms with van der Waals surface area (Å²) in [6.07, 6.45) is 5.93. The molecule has 0 saturated heterocycles. The lowest BCUT2D eigenvalue weighted by Gasteiger charge is -2.75. The van der Waals surface area contributed by atoms with Crippen LogP contribution in [-0.2, 0) is 0 Å². The van der Waals surface area contributed by atoms with E-state index in [2.05, 4.69) is 90.0 Å². The highest BCUT2D eigenvalue weighted by molar-refractivity contribution is 5.19. The number of rotatable bonds is 2. The van der Waals surface area contributed by atoms with Crippen LogP contribution >= 0.6 is 0 Å². The Hall–Kier alpha value is 0. The molecule has 0 aromatic carbocycles. The van der Waals surface area contributed by atoms with Crippen molar-refractivity contribution in [1.29, 1.82) is 0 Å². The highest BCUT2D eigenvalue weighted by atomic mass is 14.8. The van der Waals surface area contributed by atoms with Gasteiger partial charge in [0.1, 0.15) is 0 Å². The van der Waals surface area contributed by atoms with E-state index < -0.39 is 0 Å². The zero-order chi connectivity index (χ0) is 30.8. The van der Waals surface area contributed by atoms with Crippen LogP contribution in [0.1, 0.15) is 157 Å². The normalized spacial score (nSPS) is 50.5. The Bertz CT molecular complexity index is 720. The Kier molecular flexibility index (Phi) is 13.3. The summed E-state index contributed by atoms with van der Waals surface area (Å²) in [7, 11) is 0. The summed E-state index contributed by atoms with van der Waals surface area (Å²) < 4.78 is 0. The molecule has 0 heteroatoms. The zero-order valence-corrected chi connectivity index (χ0v) is 30.8. The van der Waals surface area contributed by atoms with Crippen LogP contribution < -0.4 is 0 Å². The molecule has 0 spiro atoms. The number of hydrogen-bond donors (Lipinski definition) is 0. The third-order valence-electron chi connectivity index (χ3n) is 14.0. The second-order valence-electron chi connectivity index (χ2n) is 15.9. The lowest BCUT2D eigenvalue weighted by atomic mass is 9.29. The number of hydrogen-bond acceptors (Lipinski definition) is 0. The van der Waals surface area contributed by atoms with E-state index in [0.29, 0.717) is 16.2 Å². The van der Waals surface area contributed by atoms with Crippen molar-refractivity contribution >= 4 is 0 Å². The zero-order valence-electron chi connectivity index (χ0n) is 30.8. The Morgan fingerprint density at radius 1 is 0.615 bits per heavy atom. The maximum atomic E-state index is 2.80. The first kappa shape index (κ1) is 37.0. The fourth-order valence-corrected chi connectivity index (χ4v) is 13.3. The fourth-order valence-electron chi connectivity index (χ4n) is 13.3. The lowest BCUT2D eigenvalue weighted by molar-refractivity contribution is -0.274. The SMILES string of the molecule is CC.CC.CC.CC(C)C1C(C)C(C(C)C)C2(C)CC3(C)CC4C(C)CCC(C)C4C(C)C3C(C)C2(C)C1C. The predicted octanol–water partition coefficient (Wildman–Crippen LogP) is 12.9. The summed E-state index contributed by atoms with van der Waals surface area (Å²) in [6, 6.07) is 0. The molecule has 4 saturated carbocycles. The van der Waals surface area contributed by atoms with Crippen LogP contribution in [0.25, 0.3) is 0 Å². The largest absolute Gasteiger partial charge is 0.0683 e. The summed E-state index contributed by atoms with van der Waals surface area (Å²) in [4.78, 5) is 0. The van der Waals surface area contributed by atoms with Crippen LogP contribution in [0.2, 0.25) is 0 Å². The van der Waals surface area contributed by atoms with Crippen LogP contribution in [0, 0.1) is 93.2 Å². The van der Waals surface area contributed by atoms with Gasteiger partial charge in [-0.05, 0) is 106 Å². The molecular formula is C39H78. The minimum absolute atomic E-state index is 0.429. The van der Waals surface area contributed by atoms with Gasteiger partial charge in [-0.3, -0.25) is 0 Å². The molecule has 0 amide bonds. The third kappa shape index (κ3) is 5.69. The van der Waals surface area contributed by atoms with Crippen molar-refractivity contribution in [3.63, 3.8) is 0 Å². The van der Waals surface area contributed by atoms with Gasteiger partial charge >= 0.3 is 0 Å². The van der Waals surface area contributed by atoms with E-state index in [9.17, 15) is 0 Å². The van der Waals surface area contributed by atoms with E-state index in [-0.39, 0.29) is 0 Å². The van der Waals surface area contributed by atoms with Crippen molar-refractivity contribution in [3.05, 3.63) is 0 Å². The third-order valence-corrected chi connectivity index (χ3v) is 14.0. The molecule has 234 valence electrons. The second-order valence-corrected chi connectivity index (χ2v) is 15.9. The van der Waals surface area contributed by atoms with Crippen LogP contribution in [0.5, 0.6) is 0 Å². The van der Waals surface area contributed by atoms with Gasteiger partial charge in [-0.1, -0.05) is 144 Å². The highest BCUT2D eigenvalue weighted by Crippen LogP contribution is 2.77. The smallest absolute Gasteiger partial charge is 0.0212 e. The van der Waals surface area contributed by atoms with Crippen LogP contribution in [0.15, 0.2) is 0 Å². The molecule has 14 unspecified atom stereocenters. The van der Waals surface area contributed by atoms with E-state index in [1.165, 1.54) is 25.7 Å². The first-order chi connectivity index (χ1) is 18.1. The van der Waals surface area contributed by atoms with Crippen molar-refractivity contribution < 1.29 is 0 Å². The van der Waals surface area contributed by atoms with Crippen LogP contribution in [0.4, 0.5) is 0 Å². The minimum Gasteiger partial charge on any atom is -0.0683 e. The average molecular weight is 547 g/mol. The molecule has 0 aromatic rings. The molecule has 0 radical (unpaired) electrons. The van der Waals surface area contributed by atoms with Gasteiger partial charge in [0.15, 0.2) is 0 Å². The summed E-state index contributed by atoms with van der Waals surface area (Å²) in [5, 5.41) is 0. The summed E-state index contributed by atoms with van der Waals surface area (Å²) >= 11 is 0. The summed E-state index contributed by atoms with van der Waals surface area (Å²) in [6.45, 7) is 46.6. The van der Waals surface area contributed by atoms with Gasteiger partial charge in [0.2, 0.25) is 0 Å². The summed E-state index contributed by atoms with van der Waals surface area (Å²) in [5.74, 6) is 11.2. The van der Waals surface area contributed by atoms with E-state index in [1.807, 2.05) is 41.5 Å². The first-order valence-corrected chi connectivity index (χ1v) is 18.1. The van der Waals surface area contributed by atoms with E-state index in [1.54, 1.807) is 0 Å². The monoisotopic (exact) mass is 547 g/mol. The molecule has 14 atom stereocenters. The van der Waals surface area contributed by atoms with Gasteiger partial charge in [-0.15, -0.1) is 0 Å². The van der Waals surface area contributed by atoms with Crippen molar-refractivity contribution in [2.24, 2.45) is 93.2 Å². The molecule has 0 aliphatic heterocycles. The maximum absolute atomic E-state index is 2.80. The molecule has 0 bridgehead atoms. The molecule has 4 fully saturated rings. The van der Waals surface area contributed by atoms with Gasteiger partial charge in [-0.25, -0.2) is 0 Å². The Morgan fingerprint density at radius 2 is 1.10 bits per heavy atom. The molecule has 4 aliphatic rings. The van der Waals surface area contributed by atoms with E-state index in [0.717, 1.165) is 76.9 Å². The molecule has 4 aliphatic carbocycles. The molecule has 4 rings (SSSR count). The lowest BCUT2D eigenvalue weighted by Crippen LogP contribution is -2.70. The molecular weight excluding hydrogens is 468 g/mol. The number of fused-ring (bicyclic) bond motifs is 3. The Morgan fingerprint density at radius 3 is 1.56 bits per heavy atom. The van der Waals surface area contributed by atoms with E-state index >= 15 is 0 Å². The molecule has 0 aromatic heterocycles. The highest BCUT2D eigenvalue weighted by Gasteiger charge is 2.71. The average Bonchev–Trinajstić information content (AvgIpc) is 2.87. The second kappa shape index (κ2) is 14.0. The molecule has 0 heterocycles. The molecule has 39 heavy (non-hydrogen) atoms.